The molecule has 0 radical (unpaired) electrons. The van der Waals surface area contributed by atoms with Crippen LogP contribution in [-0.4, -0.2) is 52.5 Å². The molecule has 3 rings (SSSR count). The molecular weight excluding hydrogens is 360 g/mol. The van der Waals surface area contributed by atoms with Gasteiger partial charge in [0.2, 0.25) is 5.09 Å². The summed E-state index contributed by atoms with van der Waals surface area (Å²) < 4.78 is 31.7. The van der Waals surface area contributed by atoms with Crippen LogP contribution >= 0.6 is 0 Å². The Morgan fingerprint density at radius 2 is 2.12 bits per heavy atom. The van der Waals surface area contributed by atoms with Crippen molar-refractivity contribution >= 4 is 15.9 Å². The van der Waals surface area contributed by atoms with Crippen LogP contribution in [0.3, 0.4) is 0 Å². The second-order valence-corrected chi connectivity index (χ2v) is 7.50. The standard InChI is InChI=1S/C15H16N6O4S/c1-20(2)26(23,24)13-6-5-12(25-13)15(22)18-8-11-4-3-7-17-14(11)21-10-16-9-19-21/h3-7,9-10H,8H2,1-2H3,(H,18,22). The van der Waals surface area contributed by atoms with Gasteiger partial charge in [-0.1, -0.05) is 6.07 Å². The molecule has 0 aliphatic heterocycles. The van der Waals surface area contributed by atoms with E-state index in [0.717, 1.165) is 4.31 Å². The summed E-state index contributed by atoms with van der Waals surface area (Å²) in [5.41, 5.74) is 0.707. The Hall–Kier alpha value is -3.05. The van der Waals surface area contributed by atoms with E-state index in [1.54, 1.807) is 18.3 Å². The number of rotatable bonds is 6. The molecule has 0 unspecified atom stereocenters. The van der Waals surface area contributed by atoms with Crippen LogP contribution in [0.15, 0.2) is 52.6 Å². The maximum atomic E-state index is 12.3. The van der Waals surface area contributed by atoms with Crippen molar-refractivity contribution in [2.75, 3.05) is 14.1 Å². The molecule has 0 fully saturated rings. The molecule has 3 aromatic heterocycles. The fourth-order valence-corrected chi connectivity index (χ4v) is 2.91. The van der Waals surface area contributed by atoms with Crippen molar-refractivity contribution in [2.45, 2.75) is 11.6 Å². The Morgan fingerprint density at radius 1 is 1.31 bits per heavy atom. The van der Waals surface area contributed by atoms with Gasteiger partial charge in [0.05, 0.1) is 0 Å². The molecule has 0 aromatic carbocycles. The second kappa shape index (κ2) is 7.06. The van der Waals surface area contributed by atoms with Crippen molar-refractivity contribution in [3.05, 3.63) is 54.4 Å². The van der Waals surface area contributed by atoms with E-state index < -0.39 is 15.9 Å². The van der Waals surface area contributed by atoms with Crippen LogP contribution in [0, 0.1) is 0 Å². The molecule has 1 N–H and O–H groups in total. The molecule has 0 aliphatic rings. The van der Waals surface area contributed by atoms with Crippen LogP contribution in [0.2, 0.25) is 0 Å². The first-order valence-electron chi connectivity index (χ1n) is 7.49. The predicted molar refractivity (Wildman–Crippen MR) is 89.9 cm³/mol. The highest BCUT2D eigenvalue weighted by molar-refractivity contribution is 7.88. The lowest BCUT2D eigenvalue weighted by Crippen LogP contribution is -2.24. The van der Waals surface area contributed by atoms with Crippen LogP contribution in [-0.2, 0) is 16.6 Å². The first kappa shape index (κ1) is 17.8. The highest BCUT2D eigenvalue weighted by Crippen LogP contribution is 2.17. The van der Waals surface area contributed by atoms with E-state index in [1.165, 1.54) is 43.6 Å². The first-order chi connectivity index (χ1) is 12.4. The molecule has 0 saturated heterocycles. The minimum Gasteiger partial charge on any atom is -0.438 e. The largest absolute Gasteiger partial charge is 0.438 e. The Balaban J connectivity index is 1.74. The summed E-state index contributed by atoms with van der Waals surface area (Å²) in [5.74, 6) is -0.115. The van der Waals surface area contributed by atoms with Crippen molar-refractivity contribution in [2.24, 2.45) is 0 Å². The fourth-order valence-electron chi connectivity index (χ4n) is 2.12. The van der Waals surface area contributed by atoms with Gasteiger partial charge < -0.3 is 9.73 Å². The van der Waals surface area contributed by atoms with Gasteiger partial charge in [0.25, 0.3) is 15.9 Å². The zero-order valence-corrected chi connectivity index (χ0v) is 14.8. The molecule has 0 bridgehead atoms. The summed E-state index contributed by atoms with van der Waals surface area (Å²) in [6.07, 6.45) is 4.48. The number of furan rings is 1. The minimum absolute atomic E-state index is 0.100. The van der Waals surface area contributed by atoms with E-state index in [4.69, 9.17) is 4.42 Å². The van der Waals surface area contributed by atoms with Crippen molar-refractivity contribution in [1.29, 1.82) is 0 Å². The van der Waals surface area contributed by atoms with Crippen molar-refractivity contribution < 1.29 is 17.6 Å². The summed E-state index contributed by atoms with van der Waals surface area (Å²) in [7, 11) is -0.974. The van der Waals surface area contributed by atoms with Gasteiger partial charge in [-0.05, 0) is 18.2 Å². The molecule has 3 heterocycles. The number of aromatic nitrogens is 4. The van der Waals surface area contributed by atoms with Crippen LogP contribution in [0.25, 0.3) is 5.82 Å². The van der Waals surface area contributed by atoms with Crippen LogP contribution < -0.4 is 5.32 Å². The van der Waals surface area contributed by atoms with E-state index in [9.17, 15) is 13.2 Å². The molecule has 26 heavy (non-hydrogen) atoms. The number of hydrogen-bond acceptors (Lipinski definition) is 7. The summed E-state index contributed by atoms with van der Waals surface area (Å²) in [4.78, 5) is 20.4. The second-order valence-electron chi connectivity index (χ2n) is 5.41. The molecule has 11 heteroatoms. The third-order valence-electron chi connectivity index (χ3n) is 3.48. The lowest BCUT2D eigenvalue weighted by atomic mass is 10.2. The van der Waals surface area contributed by atoms with Crippen molar-refractivity contribution in [3.8, 4) is 5.82 Å². The topological polar surface area (TPSA) is 123 Å². The number of hydrogen-bond donors (Lipinski definition) is 1. The zero-order valence-electron chi connectivity index (χ0n) is 14.0. The van der Waals surface area contributed by atoms with Gasteiger partial charge in [0, 0.05) is 32.4 Å². The maximum Gasteiger partial charge on any atom is 0.287 e. The number of amides is 1. The average molecular weight is 376 g/mol. The van der Waals surface area contributed by atoms with Crippen LogP contribution in [0.5, 0.6) is 0 Å². The number of carbonyl (C=O) groups excluding carboxylic acids is 1. The number of sulfonamides is 1. The van der Waals surface area contributed by atoms with Crippen LogP contribution in [0.4, 0.5) is 0 Å². The molecule has 3 aromatic rings. The normalized spacial score (nSPS) is 11.7. The molecule has 136 valence electrons. The van der Waals surface area contributed by atoms with Gasteiger partial charge in [0.1, 0.15) is 12.7 Å². The molecule has 10 nitrogen and oxygen atoms in total. The Labute approximate surface area is 149 Å². The zero-order chi connectivity index (χ0) is 18.7. The van der Waals surface area contributed by atoms with E-state index in [1.807, 2.05) is 0 Å². The summed E-state index contributed by atoms with van der Waals surface area (Å²) >= 11 is 0. The lowest BCUT2D eigenvalue weighted by molar-refractivity contribution is 0.0917. The van der Waals surface area contributed by atoms with Crippen LogP contribution in [0.1, 0.15) is 16.1 Å². The minimum atomic E-state index is -3.73. The third kappa shape index (κ3) is 3.48. The summed E-state index contributed by atoms with van der Waals surface area (Å²) in [5, 5.41) is 6.39. The van der Waals surface area contributed by atoms with E-state index in [0.29, 0.717) is 11.4 Å². The van der Waals surface area contributed by atoms with Crippen molar-refractivity contribution in [3.63, 3.8) is 0 Å². The number of pyridine rings is 1. The van der Waals surface area contributed by atoms with E-state index in [-0.39, 0.29) is 17.4 Å². The van der Waals surface area contributed by atoms with E-state index in [2.05, 4.69) is 20.4 Å². The molecule has 0 spiro atoms. The predicted octanol–water partition coefficient (Wildman–Crippen LogP) is 0.436. The fraction of sp³-hybridized carbons (Fsp3) is 0.200. The Morgan fingerprint density at radius 3 is 2.81 bits per heavy atom. The lowest BCUT2D eigenvalue weighted by Gasteiger charge is -2.09. The van der Waals surface area contributed by atoms with Gasteiger partial charge in [-0.3, -0.25) is 4.79 Å². The highest BCUT2D eigenvalue weighted by atomic mass is 32.2. The molecule has 0 atom stereocenters. The number of carbonyl (C=O) groups is 1. The molecule has 0 saturated carbocycles. The number of nitrogens with one attached hydrogen (secondary N) is 1. The summed E-state index contributed by atoms with van der Waals surface area (Å²) in [6, 6.07) is 6.08. The van der Waals surface area contributed by atoms with Gasteiger partial charge >= 0.3 is 0 Å². The SMILES string of the molecule is CN(C)S(=O)(=O)c1ccc(C(=O)NCc2cccnc2-n2cncn2)o1. The smallest absolute Gasteiger partial charge is 0.287 e. The quantitative estimate of drug-likeness (QED) is 0.662. The molecule has 1 amide bonds. The van der Waals surface area contributed by atoms with Crippen molar-refractivity contribution in [1.82, 2.24) is 29.4 Å². The third-order valence-corrected chi connectivity index (χ3v) is 5.17. The Kier molecular flexibility index (Phi) is 4.82. The number of nitrogens with zero attached hydrogens (tertiary/aromatic N) is 5. The maximum absolute atomic E-state index is 12.3. The highest BCUT2D eigenvalue weighted by Gasteiger charge is 2.23. The van der Waals surface area contributed by atoms with E-state index >= 15 is 0 Å². The average Bonchev–Trinajstić information content (AvgIpc) is 3.31. The molecule has 0 aliphatic carbocycles. The van der Waals surface area contributed by atoms with Gasteiger partial charge in [-0.15, -0.1) is 0 Å². The van der Waals surface area contributed by atoms with Gasteiger partial charge in [-0.2, -0.15) is 5.10 Å². The molecular formula is C15H16N6O4S. The monoisotopic (exact) mass is 376 g/mol. The van der Waals surface area contributed by atoms with Gasteiger partial charge in [0.15, 0.2) is 11.6 Å². The Bertz CT molecular complexity index is 1010. The summed E-state index contributed by atoms with van der Waals surface area (Å²) in [6.45, 7) is 0.151. The van der Waals surface area contributed by atoms with Gasteiger partial charge in [-0.25, -0.2) is 27.4 Å². The first-order valence-corrected chi connectivity index (χ1v) is 8.93.